The minimum Gasteiger partial charge on any atom is -0.349 e. The van der Waals surface area contributed by atoms with E-state index in [1.807, 2.05) is 32.0 Å². The van der Waals surface area contributed by atoms with Crippen molar-refractivity contribution in [1.29, 1.82) is 0 Å². The van der Waals surface area contributed by atoms with Crippen LogP contribution in [-0.2, 0) is 9.47 Å². The summed E-state index contributed by atoms with van der Waals surface area (Å²) >= 11 is 3.35. The van der Waals surface area contributed by atoms with Crippen molar-refractivity contribution in [2.24, 2.45) is 0 Å². The summed E-state index contributed by atoms with van der Waals surface area (Å²) in [4.78, 5) is 11.9. The standard InChI is InChI=1S/C13H16BrNO3/c1-13(2)17-8-9(18-13)7-15-12(16)10-5-3-4-6-11(10)14/h3-6,9H,7-8H2,1-2H3,(H,15,16). The molecule has 1 amide bonds. The van der Waals surface area contributed by atoms with Gasteiger partial charge in [0.15, 0.2) is 5.79 Å². The predicted octanol–water partition coefficient (Wildman–Crippen LogP) is 2.33. The molecule has 0 radical (unpaired) electrons. The maximum atomic E-state index is 11.9. The monoisotopic (exact) mass is 313 g/mol. The average molecular weight is 314 g/mol. The second kappa shape index (κ2) is 5.38. The molecule has 1 fully saturated rings. The Hall–Kier alpha value is -0.910. The molecule has 1 atom stereocenters. The molecule has 1 aliphatic rings. The van der Waals surface area contributed by atoms with E-state index in [4.69, 9.17) is 9.47 Å². The van der Waals surface area contributed by atoms with Crippen molar-refractivity contribution in [3.05, 3.63) is 34.3 Å². The van der Waals surface area contributed by atoms with Gasteiger partial charge in [-0.2, -0.15) is 0 Å². The lowest BCUT2D eigenvalue weighted by Crippen LogP contribution is -2.34. The molecule has 2 rings (SSSR count). The van der Waals surface area contributed by atoms with Gasteiger partial charge in [0.05, 0.1) is 12.2 Å². The smallest absolute Gasteiger partial charge is 0.252 e. The Morgan fingerprint density at radius 1 is 1.50 bits per heavy atom. The summed E-state index contributed by atoms with van der Waals surface area (Å²) in [5, 5.41) is 2.85. The first-order valence-corrected chi connectivity index (χ1v) is 6.62. The fourth-order valence-corrected chi connectivity index (χ4v) is 2.28. The van der Waals surface area contributed by atoms with E-state index >= 15 is 0 Å². The molecular formula is C13H16BrNO3. The third-order valence-electron chi connectivity index (χ3n) is 2.68. The molecule has 4 nitrogen and oxygen atoms in total. The zero-order valence-electron chi connectivity index (χ0n) is 10.4. The van der Waals surface area contributed by atoms with Gasteiger partial charge >= 0.3 is 0 Å². The van der Waals surface area contributed by atoms with Gasteiger partial charge in [-0.25, -0.2) is 0 Å². The van der Waals surface area contributed by atoms with Crippen LogP contribution < -0.4 is 5.32 Å². The number of hydrogen-bond donors (Lipinski definition) is 1. The van der Waals surface area contributed by atoms with Gasteiger partial charge in [0.25, 0.3) is 5.91 Å². The predicted molar refractivity (Wildman–Crippen MR) is 71.4 cm³/mol. The summed E-state index contributed by atoms with van der Waals surface area (Å²) in [6, 6.07) is 7.32. The van der Waals surface area contributed by atoms with Gasteiger partial charge in [0.2, 0.25) is 0 Å². The van der Waals surface area contributed by atoms with E-state index < -0.39 is 5.79 Å². The summed E-state index contributed by atoms with van der Waals surface area (Å²) in [5.74, 6) is -0.668. The number of hydrogen-bond acceptors (Lipinski definition) is 3. The first-order chi connectivity index (χ1) is 8.48. The SMILES string of the molecule is CC1(C)OCC(CNC(=O)c2ccccc2Br)O1. The molecule has 0 aromatic heterocycles. The van der Waals surface area contributed by atoms with Gasteiger partial charge in [-0.05, 0) is 41.9 Å². The molecule has 18 heavy (non-hydrogen) atoms. The molecule has 0 bridgehead atoms. The number of rotatable bonds is 3. The van der Waals surface area contributed by atoms with Crippen molar-refractivity contribution < 1.29 is 14.3 Å². The Morgan fingerprint density at radius 2 is 2.22 bits per heavy atom. The molecule has 1 heterocycles. The maximum Gasteiger partial charge on any atom is 0.252 e. The first kappa shape index (κ1) is 13.5. The molecule has 0 spiro atoms. The Bertz CT molecular complexity index is 448. The molecule has 0 aliphatic carbocycles. The van der Waals surface area contributed by atoms with E-state index in [1.54, 1.807) is 6.07 Å². The largest absolute Gasteiger partial charge is 0.349 e. The molecule has 98 valence electrons. The van der Waals surface area contributed by atoms with Crippen LogP contribution in [0.5, 0.6) is 0 Å². The minimum atomic E-state index is -0.553. The zero-order valence-corrected chi connectivity index (χ0v) is 12.0. The van der Waals surface area contributed by atoms with Crippen molar-refractivity contribution in [3.63, 3.8) is 0 Å². The molecule has 0 saturated carbocycles. The van der Waals surface area contributed by atoms with Crippen LogP contribution in [0.3, 0.4) is 0 Å². The Morgan fingerprint density at radius 3 is 2.83 bits per heavy atom. The number of carbonyl (C=O) groups is 1. The summed E-state index contributed by atoms with van der Waals surface area (Å²) in [6.07, 6.45) is -0.0913. The molecule has 5 heteroatoms. The summed E-state index contributed by atoms with van der Waals surface area (Å²) in [6.45, 7) is 4.68. The summed E-state index contributed by atoms with van der Waals surface area (Å²) in [5.41, 5.74) is 0.621. The van der Waals surface area contributed by atoms with E-state index in [9.17, 15) is 4.79 Å². The number of halogens is 1. The third kappa shape index (κ3) is 3.31. The number of ether oxygens (including phenoxy) is 2. The topological polar surface area (TPSA) is 47.6 Å². The highest BCUT2D eigenvalue weighted by Crippen LogP contribution is 2.22. The fraction of sp³-hybridized carbons (Fsp3) is 0.462. The van der Waals surface area contributed by atoms with E-state index in [0.717, 1.165) is 4.47 Å². The quantitative estimate of drug-likeness (QED) is 0.931. The highest BCUT2D eigenvalue weighted by Gasteiger charge is 2.32. The third-order valence-corrected chi connectivity index (χ3v) is 3.37. The number of carbonyl (C=O) groups excluding carboxylic acids is 1. The molecular weight excluding hydrogens is 298 g/mol. The molecule has 1 aromatic rings. The van der Waals surface area contributed by atoms with E-state index in [0.29, 0.717) is 18.7 Å². The van der Waals surface area contributed by atoms with Crippen LogP contribution in [0.1, 0.15) is 24.2 Å². The van der Waals surface area contributed by atoms with Crippen molar-refractivity contribution in [2.75, 3.05) is 13.2 Å². The van der Waals surface area contributed by atoms with Crippen LogP contribution in [0.2, 0.25) is 0 Å². The molecule has 1 unspecified atom stereocenters. The molecule has 1 saturated heterocycles. The number of amides is 1. The van der Waals surface area contributed by atoms with Crippen LogP contribution in [0.25, 0.3) is 0 Å². The van der Waals surface area contributed by atoms with Gasteiger partial charge in [0, 0.05) is 11.0 Å². The van der Waals surface area contributed by atoms with Crippen molar-refractivity contribution in [3.8, 4) is 0 Å². The van der Waals surface area contributed by atoms with Crippen LogP contribution in [-0.4, -0.2) is 30.9 Å². The maximum absolute atomic E-state index is 11.9. The van der Waals surface area contributed by atoms with Crippen LogP contribution >= 0.6 is 15.9 Å². The molecule has 1 aliphatic heterocycles. The second-order valence-electron chi connectivity index (χ2n) is 4.64. The average Bonchev–Trinajstić information content (AvgIpc) is 2.66. The summed E-state index contributed by atoms with van der Waals surface area (Å²) in [7, 11) is 0. The van der Waals surface area contributed by atoms with E-state index in [-0.39, 0.29) is 12.0 Å². The van der Waals surface area contributed by atoms with Gasteiger partial charge in [-0.3, -0.25) is 4.79 Å². The van der Waals surface area contributed by atoms with Crippen LogP contribution in [0, 0.1) is 0 Å². The van der Waals surface area contributed by atoms with Gasteiger partial charge < -0.3 is 14.8 Å². The molecule has 1 aromatic carbocycles. The number of benzene rings is 1. The second-order valence-corrected chi connectivity index (χ2v) is 5.49. The van der Waals surface area contributed by atoms with Gasteiger partial charge in [0.1, 0.15) is 6.10 Å². The lowest BCUT2D eigenvalue weighted by molar-refractivity contribution is -0.137. The minimum absolute atomic E-state index is 0.0913. The highest BCUT2D eigenvalue weighted by molar-refractivity contribution is 9.10. The van der Waals surface area contributed by atoms with E-state index in [1.165, 1.54) is 0 Å². The van der Waals surface area contributed by atoms with Crippen molar-refractivity contribution in [1.82, 2.24) is 5.32 Å². The van der Waals surface area contributed by atoms with Gasteiger partial charge in [-0.1, -0.05) is 12.1 Å². The first-order valence-electron chi connectivity index (χ1n) is 5.82. The number of nitrogens with one attached hydrogen (secondary N) is 1. The van der Waals surface area contributed by atoms with Crippen molar-refractivity contribution >= 4 is 21.8 Å². The van der Waals surface area contributed by atoms with Crippen molar-refractivity contribution in [2.45, 2.75) is 25.7 Å². The van der Waals surface area contributed by atoms with E-state index in [2.05, 4.69) is 21.2 Å². The van der Waals surface area contributed by atoms with Gasteiger partial charge in [-0.15, -0.1) is 0 Å². The Balaban J connectivity index is 1.88. The zero-order chi connectivity index (χ0) is 13.2. The normalized spacial score (nSPS) is 21.8. The fourth-order valence-electron chi connectivity index (χ4n) is 1.81. The highest BCUT2D eigenvalue weighted by atomic mass is 79.9. The molecule has 1 N–H and O–H groups in total. The van der Waals surface area contributed by atoms with Crippen LogP contribution in [0.4, 0.5) is 0 Å². The van der Waals surface area contributed by atoms with Crippen LogP contribution in [0.15, 0.2) is 28.7 Å². The summed E-state index contributed by atoms with van der Waals surface area (Å²) < 4.78 is 11.8. The Kier molecular flexibility index (Phi) is 4.04. The Labute approximate surface area is 115 Å². The lowest BCUT2D eigenvalue weighted by atomic mass is 10.2. The lowest BCUT2D eigenvalue weighted by Gasteiger charge is -2.17.